The molecule has 0 aromatic heterocycles. The van der Waals surface area contributed by atoms with E-state index in [1.165, 1.54) is 6.08 Å². The van der Waals surface area contributed by atoms with Gasteiger partial charge in [-0.1, -0.05) is 25.7 Å². The molecule has 19 heavy (non-hydrogen) atoms. The quantitative estimate of drug-likeness (QED) is 0.398. The van der Waals surface area contributed by atoms with Gasteiger partial charge in [-0.2, -0.15) is 0 Å². The van der Waals surface area contributed by atoms with Crippen LogP contribution >= 0.6 is 0 Å². The Hall–Kier alpha value is -1.29. The van der Waals surface area contributed by atoms with Crippen LogP contribution in [0.1, 0.15) is 40.0 Å². The number of hydrogen-bond donors (Lipinski definition) is 3. The largest absolute Gasteiger partial charge is 0.366 e. The molecule has 0 fully saturated rings. The van der Waals surface area contributed by atoms with Gasteiger partial charge in [0.05, 0.1) is 18.3 Å². The van der Waals surface area contributed by atoms with Crippen molar-refractivity contribution in [1.82, 2.24) is 16.0 Å². The number of allylic oxidation sites excluding steroid dienone is 1. The molecule has 3 nitrogen and oxygen atoms in total. The predicted octanol–water partition coefficient (Wildman–Crippen LogP) is 3.19. The van der Waals surface area contributed by atoms with Gasteiger partial charge >= 0.3 is 0 Å². The van der Waals surface area contributed by atoms with Crippen LogP contribution < -0.4 is 16.0 Å². The molecule has 0 aromatic carbocycles. The number of rotatable bonds is 11. The van der Waals surface area contributed by atoms with E-state index in [2.05, 4.69) is 49.9 Å². The van der Waals surface area contributed by atoms with Crippen LogP contribution in [0.2, 0.25) is 0 Å². The molecule has 0 aliphatic rings. The Kier molecular flexibility index (Phi) is 9.90. The Morgan fingerprint density at radius 1 is 1.32 bits per heavy atom. The number of nitrogens with one attached hydrogen (secondary N) is 3. The van der Waals surface area contributed by atoms with Crippen LogP contribution in [0.4, 0.5) is 4.39 Å². The first-order valence-corrected chi connectivity index (χ1v) is 6.89. The second-order valence-electron chi connectivity index (χ2n) is 4.83. The lowest BCUT2D eigenvalue weighted by molar-refractivity contribution is 0.395. The van der Waals surface area contributed by atoms with E-state index >= 15 is 0 Å². The standard InChI is InChI=1S/C15H28FN3/c1-6-14(10-8-9-11-16)18-13(5)19-15(7-2)17-12(3)4/h6,9,11-12,14-15,17-19H,1,5,7-8,10H2,2-4H3/b11-9+/t14-,15-/m1/s1. The van der Waals surface area contributed by atoms with E-state index in [4.69, 9.17) is 0 Å². The van der Waals surface area contributed by atoms with Crippen molar-refractivity contribution < 1.29 is 4.39 Å². The fourth-order valence-electron chi connectivity index (χ4n) is 1.73. The Labute approximate surface area is 117 Å². The Balaban J connectivity index is 4.13. The molecule has 110 valence electrons. The van der Waals surface area contributed by atoms with E-state index < -0.39 is 0 Å². The minimum absolute atomic E-state index is 0.0905. The lowest BCUT2D eigenvalue weighted by atomic mass is 10.1. The third-order valence-corrected chi connectivity index (χ3v) is 2.67. The smallest absolute Gasteiger partial charge is 0.0929 e. The third-order valence-electron chi connectivity index (χ3n) is 2.67. The van der Waals surface area contributed by atoms with Crippen molar-refractivity contribution in [2.75, 3.05) is 0 Å². The fourth-order valence-corrected chi connectivity index (χ4v) is 1.73. The third kappa shape index (κ3) is 9.31. The van der Waals surface area contributed by atoms with Crippen molar-refractivity contribution in [3.8, 4) is 0 Å². The summed E-state index contributed by atoms with van der Waals surface area (Å²) in [6, 6.07) is 0.503. The Bertz CT molecular complexity index is 287. The molecule has 0 radical (unpaired) electrons. The maximum Gasteiger partial charge on any atom is 0.0929 e. The van der Waals surface area contributed by atoms with E-state index in [1.807, 2.05) is 6.08 Å². The summed E-state index contributed by atoms with van der Waals surface area (Å²) in [4.78, 5) is 0. The van der Waals surface area contributed by atoms with E-state index in [9.17, 15) is 4.39 Å². The van der Waals surface area contributed by atoms with Crippen molar-refractivity contribution >= 4 is 0 Å². The van der Waals surface area contributed by atoms with Crippen molar-refractivity contribution in [2.45, 2.75) is 58.3 Å². The summed E-state index contributed by atoms with van der Waals surface area (Å²) < 4.78 is 11.9. The molecule has 0 heterocycles. The van der Waals surface area contributed by atoms with Crippen LogP contribution in [0.15, 0.2) is 37.5 Å². The van der Waals surface area contributed by atoms with Gasteiger partial charge in [-0.25, -0.2) is 4.39 Å². The van der Waals surface area contributed by atoms with Crippen LogP contribution in [0.25, 0.3) is 0 Å². The molecule has 0 rings (SSSR count). The Morgan fingerprint density at radius 2 is 2.00 bits per heavy atom. The SMILES string of the molecule is C=C[C@H](CC/C=C/F)NC(=C)N[C@H](CC)NC(C)C. The van der Waals surface area contributed by atoms with E-state index in [1.54, 1.807) is 0 Å². The van der Waals surface area contributed by atoms with Gasteiger partial charge in [0.15, 0.2) is 0 Å². The topological polar surface area (TPSA) is 36.1 Å². The molecule has 4 heteroatoms. The summed E-state index contributed by atoms with van der Waals surface area (Å²) in [5, 5.41) is 9.95. The molecule has 2 atom stereocenters. The zero-order valence-electron chi connectivity index (χ0n) is 12.4. The maximum atomic E-state index is 11.9. The van der Waals surface area contributed by atoms with Gasteiger partial charge in [0.25, 0.3) is 0 Å². The van der Waals surface area contributed by atoms with Gasteiger partial charge in [0.2, 0.25) is 0 Å². The first kappa shape index (κ1) is 17.7. The first-order valence-electron chi connectivity index (χ1n) is 6.89. The van der Waals surface area contributed by atoms with Gasteiger partial charge in [-0.15, -0.1) is 6.58 Å². The molecule has 0 unspecified atom stereocenters. The van der Waals surface area contributed by atoms with Gasteiger partial charge in [-0.3, -0.25) is 5.32 Å². The number of halogens is 1. The summed E-state index contributed by atoms with van der Waals surface area (Å²) in [6.07, 6.45) is 6.51. The molecule has 0 aliphatic heterocycles. The van der Waals surface area contributed by atoms with E-state index in [0.717, 1.165) is 18.7 Å². The van der Waals surface area contributed by atoms with Crippen molar-refractivity contribution in [3.63, 3.8) is 0 Å². The lowest BCUT2D eigenvalue weighted by Crippen LogP contribution is -2.47. The predicted molar refractivity (Wildman–Crippen MR) is 81.2 cm³/mol. The maximum absolute atomic E-state index is 11.9. The second kappa shape index (κ2) is 10.6. The summed E-state index contributed by atoms with van der Waals surface area (Å²) in [5.74, 6) is 0.758. The van der Waals surface area contributed by atoms with Gasteiger partial charge in [-0.05, 0) is 33.1 Å². The zero-order chi connectivity index (χ0) is 14.7. The molecular weight excluding hydrogens is 241 g/mol. The average molecular weight is 269 g/mol. The second-order valence-corrected chi connectivity index (χ2v) is 4.83. The van der Waals surface area contributed by atoms with E-state index in [0.29, 0.717) is 18.8 Å². The molecular formula is C15H28FN3. The van der Waals surface area contributed by atoms with Crippen LogP contribution in [0.5, 0.6) is 0 Å². The molecule has 0 aromatic rings. The molecule has 0 saturated heterocycles. The van der Waals surface area contributed by atoms with Crippen LogP contribution in [0.3, 0.4) is 0 Å². The normalized spacial score (nSPS) is 14.4. The first-order chi connectivity index (χ1) is 9.03. The summed E-state index contributed by atoms with van der Waals surface area (Å²) in [5.41, 5.74) is 0. The summed E-state index contributed by atoms with van der Waals surface area (Å²) in [7, 11) is 0. The Morgan fingerprint density at radius 3 is 2.47 bits per heavy atom. The highest BCUT2D eigenvalue weighted by molar-refractivity contribution is 4.99. The van der Waals surface area contributed by atoms with Gasteiger partial charge in [0.1, 0.15) is 0 Å². The molecule has 0 aliphatic carbocycles. The summed E-state index contributed by atoms with van der Waals surface area (Å²) in [6.45, 7) is 14.1. The van der Waals surface area contributed by atoms with Crippen LogP contribution in [-0.4, -0.2) is 18.2 Å². The van der Waals surface area contributed by atoms with Crippen molar-refractivity contribution in [2.24, 2.45) is 0 Å². The van der Waals surface area contributed by atoms with Crippen molar-refractivity contribution in [1.29, 1.82) is 0 Å². The molecule has 3 N–H and O–H groups in total. The zero-order valence-corrected chi connectivity index (χ0v) is 12.4. The lowest BCUT2D eigenvalue weighted by Gasteiger charge is -2.26. The molecule has 0 bridgehead atoms. The van der Waals surface area contributed by atoms with Gasteiger partial charge in [0, 0.05) is 12.1 Å². The molecule has 0 amide bonds. The fraction of sp³-hybridized carbons (Fsp3) is 0.600. The van der Waals surface area contributed by atoms with Crippen LogP contribution in [-0.2, 0) is 0 Å². The monoisotopic (exact) mass is 269 g/mol. The highest BCUT2D eigenvalue weighted by atomic mass is 19.1. The van der Waals surface area contributed by atoms with Crippen molar-refractivity contribution in [3.05, 3.63) is 37.5 Å². The highest BCUT2D eigenvalue weighted by Crippen LogP contribution is 2.02. The average Bonchev–Trinajstić information content (AvgIpc) is 2.36. The highest BCUT2D eigenvalue weighted by Gasteiger charge is 2.09. The minimum Gasteiger partial charge on any atom is -0.366 e. The minimum atomic E-state index is 0.0905. The summed E-state index contributed by atoms with van der Waals surface area (Å²) >= 11 is 0. The molecule has 0 spiro atoms. The number of hydrogen-bond acceptors (Lipinski definition) is 3. The van der Waals surface area contributed by atoms with Crippen LogP contribution in [0, 0.1) is 0 Å². The van der Waals surface area contributed by atoms with E-state index in [-0.39, 0.29) is 12.2 Å². The molecule has 0 saturated carbocycles. The van der Waals surface area contributed by atoms with Gasteiger partial charge < -0.3 is 10.6 Å².